The molecule has 0 spiro atoms. The molecule has 1 N–H and O–H groups in total. The van der Waals surface area contributed by atoms with Crippen molar-refractivity contribution in [1.29, 1.82) is 0 Å². The maximum absolute atomic E-state index is 12.7. The third-order valence-corrected chi connectivity index (χ3v) is 7.50. The fourth-order valence-electron chi connectivity index (χ4n) is 3.64. The van der Waals surface area contributed by atoms with Crippen LogP contribution in [0.25, 0.3) is 0 Å². The quantitative estimate of drug-likeness (QED) is 0.781. The van der Waals surface area contributed by atoms with Crippen LogP contribution in [-0.4, -0.2) is 51.1 Å². The lowest BCUT2D eigenvalue weighted by atomic mass is 9.95. The summed E-state index contributed by atoms with van der Waals surface area (Å²) in [5, 5.41) is 3.41. The number of fused-ring (bicyclic) bond motifs is 1. The Bertz CT molecular complexity index is 815. The van der Waals surface area contributed by atoms with Gasteiger partial charge >= 0.3 is 5.97 Å². The number of thiophene rings is 1. The van der Waals surface area contributed by atoms with Gasteiger partial charge in [0.15, 0.2) is 0 Å². The van der Waals surface area contributed by atoms with E-state index in [1.54, 1.807) is 0 Å². The van der Waals surface area contributed by atoms with E-state index in [4.69, 9.17) is 4.74 Å². The molecule has 1 aromatic rings. The van der Waals surface area contributed by atoms with Crippen molar-refractivity contribution in [2.45, 2.75) is 38.5 Å². The monoisotopic (exact) mass is 400 g/mol. The number of nitrogens with one attached hydrogen (secondary N) is 1. The fourth-order valence-corrected chi connectivity index (χ4v) is 5.84. The van der Waals surface area contributed by atoms with Crippen LogP contribution < -0.4 is 5.32 Å². The van der Waals surface area contributed by atoms with E-state index in [-0.39, 0.29) is 12.5 Å². The lowest BCUT2D eigenvalue weighted by molar-refractivity contribution is -0.120. The highest BCUT2D eigenvalue weighted by molar-refractivity contribution is 7.88. The number of nitrogens with zero attached hydrogens (tertiary/aromatic N) is 1. The first-order valence-corrected chi connectivity index (χ1v) is 11.5. The van der Waals surface area contributed by atoms with Crippen molar-refractivity contribution in [2.75, 3.05) is 31.8 Å². The first-order chi connectivity index (χ1) is 12.3. The minimum Gasteiger partial charge on any atom is -0.465 e. The Morgan fingerprint density at radius 1 is 1.23 bits per heavy atom. The fraction of sp³-hybridized carbons (Fsp3) is 0.647. The zero-order valence-corrected chi connectivity index (χ0v) is 16.7. The average Bonchev–Trinajstić information content (AvgIpc) is 2.98. The zero-order valence-electron chi connectivity index (χ0n) is 15.0. The van der Waals surface area contributed by atoms with E-state index in [1.165, 1.54) is 22.8 Å². The summed E-state index contributed by atoms with van der Waals surface area (Å²) in [6.45, 7) is 0.632. The number of sulfonamides is 1. The van der Waals surface area contributed by atoms with Crippen molar-refractivity contribution in [3.05, 3.63) is 16.0 Å². The molecule has 9 heteroatoms. The number of rotatable bonds is 4. The second-order valence-corrected chi connectivity index (χ2v) is 9.94. The lowest BCUT2D eigenvalue weighted by Gasteiger charge is -2.30. The van der Waals surface area contributed by atoms with Crippen molar-refractivity contribution in [1.82, 2.24) is 4.31 Å². The normalized spacial score (nSPS) is 21.1. The van der Waals surface area contributed by atoms with Gasteiger partial charge in [0.1, 0.15) is 5.00 Å². The molecule has 1 aromatic heterocycles. The summed E-state index contributed by atoms with van der Waals surface area (Å²) in [5.41, 5.74) is 1.46. The topological polar surface area (TPSA) is 92.8 Å². The van der Waals surface area contributed by atoms with Gasteiger partial charge in [0.25, 0.3) is 0 Å². The molecule has 0 bridgehead atoms. The number of esters is 1. The minimum atomic E-state index is -3.31. The molecule has 1 saturated heterocycles. The van der Waals surface area contributed by atoms with Crippen molar-refractivity contribution in [3.63, 3.8) is 0 Å². The number of hydrogen-bond acceptors (Lipinski definition) is 6. The van der Waals surface area contributed by atoms with Crippen LogP contribution in [0.15, 0.2) is 0 Å². The summed E-state index contributed by atoms with van der Waals surface area (Å²) in [6.07, 6.45) is 6.27. The Hall–Kier alpha value is -1.45. The highest BCUT2D eigenvalue weighted by Gasteiger charge is 2.32. The molecule has 1 amide bonds. The van der Waals surface area contributed by atoms with Crippen molar-refractivity contribution in [3.8, 4) is 0 Å². The van der Waals surface area contributed by atoms with Crippen LogP contribution in [0.3, 0.4) is 0 Å². The Kier molecular flexibility index (Phi) is 5.69. The van der Waals surface area contributed by atoms with Gasteiger partial charge in [-0.2, -0.15) is 0 Å². The van der Waals surface area contributed by atoms with Gasteiger partial charge < -0.3 is 10.1 Å². The van der Waals surface area contributed by atoms with Crippen molar-refractivity contribution in [2.24, 2.45) is 5.92 Å². The van der Waals surface area contributed by atoms with Gasteiger partial charge in [-0.15, -0.1) is 11.3 Å². The third-order valence-electron chi connectivity index (χ3n) is 5.02. The summed E-state index contributed by atoms with van der Waals surface area (Å²) in [6, 6.07) is 0. The van der Waals surface area contributed by atoms with Crippen LogP contribution >= 0.6 is 11.3 Å². The SMILES string of the molecule is COC(=O)c1c(NC(=O)C2CCCN(S(C)(=O)=O)C2)sc2c1CCCC2. The van der Waals surface area contributed by atoms with Gasteiger partial charge in [-0.1, -0.05) is 0 Å². The van der Waals surface area contributed by atoms with Crippen LogP contribution in [-0.2, 0) is 32.4 Å². The van der Waals surface area contributed by atoms with E-state index < -0.39 is 21.9 Å². The third kappa shape index (κ3) is 3.94. The molecular weight excluding hydrogens is 376 g/mol. The molecule has 1 aliphatic carbocycles. The van der Waals surface area contributed by atoms with E-state index >= 15 is 0 Å². The molecule has 7 nitrogen and oxygen atoms in total. The predicted octanol–water partition coefficient (Wildman–Crippen LogP) is 2.02. The standard InChI is InChI=1S/C17H24N2O5S2/c1-24-17(21)14-12-7-3-4-8-13(12)25-16(14)18-15(20)11-6-5-9-19(10-11)26(2,22)23/h11H,3-10H2,1-2H3,(H,18,20). The van der Waals surface area contributed by atoms with Crippen LogP contribution in [0.4, 0.5) is 5.00 Å². The Morgan fingerprint density at radius 2 is 1.96 bits per heavy atom. The first-order valence-electron chi connectivity index (χ1n) is 8.80. The minimum absolute atomic E-state index is 0.184. The largest absolute Gasteiger partial charge is 0.465 e. The van der Waals surface area contributed by atoms with Gasteiger partial charge in [0, 0.05) is 18.0 Å². The highest BCUT2D eigenvalue weighted by Crippen LogP contribution is 2.39. The average molecular weight is 401 g/mol. The molecule has 1 fully saturated rings. The number of ether oxygens (including phenoxy) is 1. The van der Waals surface area contributed by atoms with E-state index in [2.05, 4.69) is 5.32 Å². The van der Waals surface area contributed by atoms with Crippen LogP contribution in [0, 0.1) is 5.92 Å². The molecule has 0 radical (unpaired) electrons. The maximum Gasteiger partial charge on any atom is 0.341 e. The van der Waals surface area contributed by atoms with Crippen molar-refractivity contribution >= 4 is 38.2 Å². The summed E-state index contributed by atoms with van der Waals surface area (Å²) < 4.78 is 29.8. The Labute approximate surface area is 157 Å². The maximum atomic E-state index is 12.7. The van der Waals surface area contributed by atoms with Gasteiger partial charge in [-0.3, -0.25) is 4.79 Å². The molecule has 0 saturated carbocycles. The zero-order chi connectivity index (χ0) is 18.9. The number of carbonyl (C=O) groups is 2. The summed E-state index contributed by atoms with van der Waals surface area (Å²) in [7, 11) is -1.97. The molecule has 0 aromatic carbocycles. The number of piperidine rings is 1. The van der Waals surface area contributed by atoms with Gasteiger partial charge in [-0.25, -0.2) is 17.5 Å². The van der Waals surface area contributed by atoms with Crippen LogP contribution in [0.5, 0.6) is 0 Å². The molecule has 1 aliphatic heterocycles. The van der Waals surface area contributed by atoms with Gasteiger partial charge in [-0.05, 0) is 44.1 Å². The molecule has 2 aliphatic rings. The van der Waals surface area contributed by atoms with Crippen LogP contribution in [0.2, 0.25) is 0 Å². The number of hydrogen-bond donors (Lipinski definition) is 1. The van der Waals surface area contributed by atoms with Gasteiger partial charge in [0.2, 0.25) is 15.9 Å². The second-order valence-electron chi connectivity index (χ2n) is 6.86. The molecule has 1 atom stereocenters. The van der Waals surface area contributed by atoms with Crippen LogP contribution in [0.1, 0.15) is 46.5 Å². The molecule has 26 heavy (non-hydrogen) atoms. The molecule has 3 rings (SSSR count). The molecule has 2 heterocycles. The Balaban J connectivity index is 1.81. The summed E-state index contributed by atoms with van der Waals surface area (Å²) in [5.74, 6) is -1.08. The lowest BCUT2D eigenvalue weighted by Crippen LogP contribution is -2.43. The number of amides is 1. The summed E-state index contributed by atoms with van der Waals surface area (Å²) in [4.78, 5) is 26.1. The van der Waals surface area contributed by atoms with E-state index in [0.29, 0.717) is 30.0 Å². The smallest absolute Gasteiger partial charge is 0.341 e. The van der Waals surface area contributed by atoms with E-state index in [0.717, 1.165) is 42.4 Å². The predicted molar refractivity (Wildman–Crippen MR) is 100 cm³/mol. The Morgan fingerprint density at radius 3 is 2.65 bits per heavy atom. The molecule has 144 valence electrons. The van der Waals surface area contributed by atoms with Gasteiger partial charge in [0.05, 0.1) is 24.8 Å². The first kappa shape index (κ1) is 19.3. The number of carbonyl (C=O) groups excluding carboxylic acids is 2. The highest BCUT2D eigenvalue weighted by atomic mass is 32.2. The molecular formula is C17H24N2O5S2. The second kappa shape index (κ2) is 7.66. The number of aryl methyl sites for hydroxylation is 1. The summed E-state index contributed by atoms with van der Waals surface area (Å²) >= 11 is 1.44. The van der Waals surface area contributed by atoms with Crippen molar-refractivity contribution < 1.29 is 22.7 Å². The van der Waals surface area contributed by atoms with E-state index in [1.807, 2.05) is 0 Å². The molecule has 1 unspecified atom stereocenters. The number of anilines is 1. The number of methoxy groups -OCH3 is 1. The van der Waals surface area contributed by atoms with E-state index in [9.17, 15) is 18.0 Å².